The number of hydrogen-bond donors (Lipinski definition) is 1. The summed E-state index contributed by atoms with van der Waals surface area (Å²) in [6, 6.07) is 9.91. The van der Waals surface area contributed by atoms with Crippen LogP contribution in [0.2, 0.25) is 0 Å². The third-order valence-electron chi connectivity index (χ3n) is 3.93. The summed E-state index contributed by atoms with van der Waals surface area (Å²) in [4.78, 5) is 25.3. The molecule has 1 aromatic carbocycles. The molecule has 1 aromatic rings. The van der Waals surface area contributed by atoms with Gasteiger partial charge in [-0.1, -0.05) is 37.3 Å². The number of carbonyl (C=O) groups excluding carboxylic acids is 2. The second-order valence-corrected chi connectivity index (χ2v) is 5.13. The van der Waals surface area contributed by atoms with Gasteiger partial charge in [-0.05, 0) is 31.7 Å². The van der Waals surface area contributed by atoms with E-state index in [1.807, 2.05) is 32.0 Å². The Balaban J connectivity index is 1.95. The van der Waals surface area contributed by atoms with Gasteiger partial charge in [-0.2, -0.15) is 0 Å². The maximum atomic E-state index is 11.8. The summed E-state index contributed by atoms with van der Waals surface area (Å²) in [6.45, 7) is 4.37. The Bertz CT molecular complexity index is 472. The first-order chi connectivity index (χ1) is 9.08. The average molecular weight is 260 g/mol. The molecule has 0 radical (unpaired) electrons. The lowest BCUT2D eigenvalue weighted by molar-refractivity contribution is -0.126. The topological polar surface area (TPSA) is 49.4 Å². The minimum atomic E-state index is -0.687. The molecule has 1 heterocycles. The summed E-state index contributed by atoms with van der Waals surface area (Å²) in [5.74, 6) is -0.181. The largest absolute Gasteiger partial charge is 0.325 e. The molecule has 4 heteroatoms. The van der Waals surface area contributed by atoms with E-state index in [1.165, 1.54) is 5.56 Å². The zero-order chi connectivity index (χ0) is 13.9. The zero-order valence-corrected chi connectivity index (χ0v) is 11.5. The Morgan fingerprint density at radius 1 is 1.21 bits per heavy atom. The Hall–Kier alpha value is -1.84. The second kappa shape index (κ2) is 5.43. The van der Waals surface area contributed by atoms with Crippen molar-refractivity contribution in [3.8, 4) is 0 Å². The van der Waals surface area contributed by atoms with E-state index in [4.69, 9.17) is 0 Å². The third kappa shape index (κ3) is 2.62. The molecule has 1 N–H and O–H groups in total. The van der Waals surface area contributed by atoms with Crippen LogP contribution in [0.1, 0.15) is 32.3 Å². The predicted molar refractivity (Wildman–Crippen MR) is 73.7 cm³/mol. The fourth-order valence-electron chi connectivity index (χ4n) is 2.43. The number of urea groups is 1. The van der Waals surface area contributed by atoms with E-state index in [2.05, 4.69) is 17.4 Å². The van der Waals surface area contributed by atoms with Crippen LogP contribution in [0.15, 0.2) is 30.3 Å². The molecule has 0 aliphatic carbocycles. The molecule has 1 saturated heterocycles. The fraction of sp³-hybridized carbons (Fsp3) is 0.467. The van der Waals surface area contributed by atoms with Gasteiger partial charge < -0.3 is 4.90 Å². The van der Waals surface area contributed by atoms with Crippen LogP contribution in [-0.2, 0) is 11.2 Å². The van der Waals surface area contributed by atoms with Gasteiger partial charge >= 0.3 is 6.03 Å². The van der Waals surface area contributed by atoms with Crippen molar-refractivity contribution < 1.29 is 9.59 Å². The van der Waals surface area contributed by atoms with Crippen LogP contribution in [0.4, 0.5) is 4.79 Å². The minimum Gasteiger partial charge on any atom is -0.310 e. The van der Waals surface area contributed by atoms with Crippen LogP contribution in [0.3, 0.4) is 0 Å². The maximum absolute atomic E-state index is 11.8. The monoisotopic (exact) mass is 260 g/mol. The first-order valence-electron chi connectivity index (χ1n) is 6.75. The molecule has 0 saturated carbocycles. The van der Waals surface area contributed by atoms with Crippen LogP contribution >= 0.6 is 0 Å². The van der Waals surface area contributed by atoms with E-state index in [9.17, 15) is 9.59 Å². The van der Waals surface area contributed by atoms with Gasteiger partial charge in [0.1, 0.15) is 5.54 Å². The lowest BCUT2D eigenvalue weighted by Gasteiger charge is -2.30. The van der Waals surface area contributed by atoms with Crippen molar-refractivity contribution in [2.24, 2.45) is 0 Å². The Labute approximate surface area is 113 Å². The summed E-state index contributed by atoms with van der Waals surface area (Å²) in [7, 11) is 0. The lowest BCUT2D eigenvalue weighted by Crippen LogP contribution is -2.46. The standard InChI is InChI=1S/C15H20N2O2/c1-3-15(2)13(18)16-14(19)17(15)11-7-10-12-8-5-4-6-9-12/h4-6,8-9H,3,7,10-11H2,1-2H3,(H,16,18,19). The SMILES string of the molecule is CCC1(C)C(=O)NC(=O)N1CCCc1ccccc1. The molecule has 2 rings (SSSR count). The Morgan fingerprint density at radius 2 is 1.89 bits per heavy atom. The van der Waals surface area contributed by atoms with Crippen molar-refractivity contribution in [3.05, 3.63) is 35.9 Å². The Kier molecular flexibility index (Phi) is 3.88. The first kappa shape index (κ1) is 13.6. The highest BCUT2D eigenvalue weighted by Crippen LogP contribution is 2.25. The summed E-state index contributed by atoms with van der Waals surface area (Å²) in [6.07, 6.45) is 2.41. The van der Waals surface area contributed by atoms with Crippen molar-refractivity contribution in [2.75, 3.05) is 6.54 Å². The highest BCUT2D eigenvalue weighted by molar-refractivity contribution is 6.06. The summed E-state index contributed by atoms with van der Waals surface area (Å²) < 4.78 is 0. The molecule has 19 heavy (non-hydrogen) atoms. The van der Waals surface area contributed by atoms with Crippen molar-refractivity contribution in [1.29, 1.82) is 0 Å². The minimum absolute atomic E-state index is 0.181. The van der Waals surface area contributed by atoms with Crippen LogP contribution in [0.5, 0.6) is 0 Å². The van der Waals surface area contributed by atoms with Gasteiger partial charge in [0.15, 0.2) is 0 Å². The van der Waals surface area contributed by atoms with Gasteiger partial charge in [0.25, 0.3) is 5.91 Å². The molecule has 1 unspecified atom stereocenters. The van der Waals surface area contributed by atoms with Crippen molar-refractivity contribution in [1.82, 2.24) is 10.2 Å². The van der Waals surface area contributed by atoms with Gasteiger partial charge in [-0.25, -0.2) is 4.79 Å². The predicted octanol–water partition coefficient (Wildman–Crippen LogP) is 2.34. The fourth-order valence-corrected chi connectivity index (χ4v) is 2.43. The van der Waals surface area contributed by atoms with Crippen molar-refractivity contribution in [3.63, 3.8) is 0 Å². The molecule has 1 aliphatic rings. The number of hydrogen-bond acceptors (Lipinski definition) is 2. The highest BCUT2D eigenvalue weighted by Gasteiger charge is 2.47. The quantitative estimate of drug-likeness (QED) is 0.826. The third-order valence-corrected chi connectivity index (χ3v) is 3.93. The van der Waals surface area contributed by atoms with E-state index < -0.39 is 5.54 Å². The Morgan fingerprint density at radius 3 is 2.53 bits per heavy atom. The van der Waals surface area contributed by atoms with Gasteiger partial charge in [-0.3, -0.25) is 10.1 Å². The molecule has 0 aromatic heterocycles. The van der Waals surface area contributed by atoms with Crippen LogP contribution in [-0.4, -0.2) is 28.9 Å². The average Bonchev–Trinajstić information content (AvgIpc) is 2.64. The number of imide groups is 1. The normalized spacial score (nSPS) is 22.7. The second-order valence-electron chi connectivity index (χ2n) is 5.13. The zero-order valence-electron chi connectivity index (χ0n) is 11.5. The summed E-state index contributed by atoms with van der Waals surface area (Å²) in [5.41, 5.74) is 0.569. The molecule has 0 spiro atoms. The van der Waals surface area contributed by atoms with E-state index in [1.54, 1.807) is 4.90 Å². The molecule has 1 aliphatic heterocycles. The highest BCUT2D eigenvalue weighted by atomic mass is 16.2. The van der Waals surface area contributed by atoms with Crippen molar-refractivity contribution in [2.45, 2.75) is 38.6 Å². The maximum Gasteiger partial charge on any atom is 0.325 e. The number of aryl methyl sites for hydroxylation is 1. The number of carbonyl (C=O) groups is 2. The summed E-state index contributed by atoms with van der Waals surface area (Å²) in [5, 5.41) is 2.41. The molecule has 1 atom stereocenters. The van der Waals surface area contributed by atoms with Gasteiger partial charge in [-0.15, -0.1) is 0 Å². The van der Waals surface area contributed by atoms with Crippen molar-refractivity contribution >= 4 is 11.9 Å². The molecular weight excluding hydrogens is 240 g/mol. The van der Waals surface area contributed by atoms with E-state index in [0.29, 0.717) is 13.0 Å². The number of nitrogens with zero attached hydrogens (tertiary/aromatic N) is 1. The molecule has 0 bridgehead atoms. The van der Waals surface area contributed by atoms with Crippen LogP contribution in [0, 0.1) is 0 Å². The van der Waals surface area contributed by atoms with Crippen LogP contribution in [0.25, 0.3) is 0 Å². The number of amides is 3. The molecule has 1 fully saturated rings. The van der Waals surface area contributed by atoms with Crippen LogP contribution < -0.4 is 5.32 Å². The molecule has 4 nitrogen and oxygen atoms in total. The number of nitrogens with one attached hydrogen (secondary N) is 1. The summed E-state index contributed by atoms with van der Waals surface area (Å²) >= 11 is 0. The lowest BCUT2D eigenvalue weighted by atomic mass is 9.97. The molecule has 102 valence electrons. The smallest absolute Gasteiger partial charge is 0.310 e. The molecular formula is C15H20N2O2. The van der Waals surface area contributed by atoms with Gasteiger partial charge in [0, 0.05) is 6.54 Å². The molecule has 3 amide bonds. The van der Waals surface area contributed by atoms with E-state index >= 15 is 0 Å². The number of benzene rings is 1. The van der Waals surface area contributed by atoms with E-state index in [0.717, 1.165) is 12.8 Å². The van der Waals surface area contributed by atoms with Gasteiger partial charge in [0.2, 0.25) is 0 Å². The van der Waals surface area contributed by atoms with Gasteiger partial charge in [0.05, 0.1) is 0 Å². The first-order valence-corrected chi connectivity index (χ1v) is 6.75. The number of rotatable bonds is 5. The van der Waals surface area contributed by atoms with E-state index in [-0.39, 0.29) is 11.9 Å².